The molecule has 4 nitrogen and oxygen atoms in total. The van der Waals surface area contributed by atoms with Crippen molar-refractivity contribution >= 4 is 17.4 Å². The maximum Gasteiger partial charge on any atom is 0.164 e. The molecule has 0 saturated carbocycles. The van der Waals surface area contributed by atoms with Crippen LogP contribution >= 0.6 is 11.8 Å². The highest BCUT2D eigenvalue weighted by atomic mass is 32.2. The van der Waals surface area contributed by atoms with E-state index in [2.05, 4.69) is 10.1 Å². The second-order valence-electron chi connectivity index (χ2n) is 5.36. The molecule has 0 atom stereocenters. The highest BCUT2D eigenvalue weighted by molar-refractivity contribution is 7.99. The number of hydrogen-bond acceptors (Lipinski definition) is 4. The van der Waals surface area contributed by atoms with E-state index in [-0.39, 0.29) is 5.82 Å². The summed E-state index contributed by atoms with van der Waals surface area (Å²) in [4.78, 5) is 5.52. The second-order valence-corrected chi connectivity index (χ2v) is 6.46. The Kier molecular flexibility index (Phi) is 4.11. The highest BCUT2D eigenvalue weighted by Gasteiger charge is 2.11. The SMILES string of the molecule is COc1ccc(Sc2ccnc3c(-c4ccc(F)cc4)cnn23)cc1. The summed E-state index contributed by atoms with van der Waals surface area (Å²) in [5.74, 6) is 0.561. The van der Waals surface area contributed by atoms with Crippen LogP contribution in [0.2, 0.25) is 0 Å². The van der Waals surface area contributed by atoms with Crippen molar-refractivity contribution in [2.24, 2.45) is 0 Å². The van der Waals surface area contributed by atoms with E-state index in [0.29, 0.717) is 0 Å². The van der Waals surface area contributed by atoms with E-state index < -0.39 is 0 Å². The fourth-order valence-electron chi connectivity index (χ4n) is 2.54. The van der Waals surface area contributed by atoms with Gasteiger partial charge in [0.2, 0.25) is 0 Å². The number of rotatable bonds is 4. The molecule has 124 valence electrons. The minimum absolute atomic E-state index is 0.260. The molecule has 6 heteroatoms. The molecule has 2 aromatic carbocycles. The van der Waals surface area contributed by atoms with Crippen LogP contribution in [0.1, 0.15) is 0 Å². The first kappa shape index (κ1) is 15.7. The maximum atomic E-state index is 13.2. The van der Waals surface area contributed by atoms with Gasteiger partial charge in [-0.05, 0) is 48.0 Å². The normalized spacial score (nSPS) is 11.0. The summed E-state index contributed by atoms with van der Waals surface area (Å²) in [5.41, 5.74) is 2.50. The predicted molar refractivity (Wildman–Crippen MR) is 95.5 cm³/mol. The lowest BCUT2D eigenvalue weighted by atomic mass is 10.1. The van der Waals surface area contributed by atoms with Gasteiger partial charge in [-0.15, -0.1) is 0 Å². The summed E-state index contributed by atoms with van der Waals surface area (Å²) in [6.45, 7) is 0. The molecule has 0 radical (unpaired) electrons. The van der Waals surface area contributed by atoms with Crippen molar-refractivity contribution in [2.75, 3.05) is 7.11 Å². The van der Waals surface area contributed by atoms with Crippen LogP contribution < -0.4 is 4.74 Å². The fourth-order valence-corrected chi connectivity index (χ4v) is 3.41. The average Bonchev–Trinajstić information content (AvgIpc) is 3.08. The monoisotopic (exact) mass is 351 g/mol. The van der Waals surface area contributed by atoms with E-state index in [9.17, 15) is 4.39 Å². The number of nitrogens with zero attached hydrogens (tertiary/aromatic N) is 3. The van der Waals surface area contributed by atoms with Gasteiger partial charge in [0.25, 0.3) is 0 Å². The Morgan fingerprint density at radius 2 is 1.76 bits per heavy atom. The number of methoxy groups -OCH3 is 1. The summed E-state index contributed by atoms with van der Waals surface area (Å²) < 4.78 is 20.1. The van der Waals surface area contributed by atoms with Crippen molar-refractivity contribution in [1.29, 1.82) is 0 Å². The third-order valence-corrected chi connectivity index (χ3v) is 4.83. The van der Waals surface area contributed by atoms with E-state index >= 15 is 0 Å². The molecule has 0 aliphatic heterocycles. The number of benzene rings is 2. The van der Waals surface area contributed by atoms with Crippen LogP contribution in [0.3, 0.4) is 0 Å². The molecular weight excluding hydrogens is 337 g/mol. The summed E-state index contributed by atoms with van der Waals surface area (Å²) in [6, 6.07) is 16.1. The van der Waals surface area contributed by atoms with Crippen LogP contribution in [0.25, 0.3) is 16.8 Å². The van der Waals surface area contributed by atoms with Gasteiger partial charge in [-0.1, -0.05) is 23.9 Å². The lowest BCUT2D eigenvalue weighted by molar-refractivity contribution is 0.414. The average molecular weight is 351 g/mol. The zero-order valence-electron chi connectivity index (χ0n) is 13.4. The number of halogens is 1. The summed E-state index contributed by atoms with van der Waals surface area (Å²) in [5, 5.41) is 5.41. The topological polar surface area (TPSA) is 39.4 Å². The first-order chi connectivity index (χ1) is 12.2. The molecule has 25 heavy (non-hydrogen) atoms. The van der Waals surface area contributed by atoms with Crippen LogP contribution in [0.15, 0.2) is 76.9 Å². The molecule has 0 N–H and O–H groups in total. The Morgan fingerprint density at radius 3 is 2.48 bits per heavy atom. The molecule has 0 saturated heterocycles. The van der Waals surface area contributed by atoms with E-state index in [1.165, 1.54) is 12.1 Å². The van der Waals surface area contributed by atoms with E-state index in [0.717, 1.165) is 32.4 Å². The highest BCUT2D eigenvalue weighted by Crippen LogP contribution is 2.31. The van der Waals surface area contributed by atoms with Crippen molar-refractivity contribution < 1.29 is 9.13 Å². The number of hydrogen-bond donors (Lipinski definition) is 0. The summed E-state index contributed by atoms with van der Waals surface area (Å²) in [7, 11) is 1.65. The van der Waals surface area contributed by atoms with E-state index in [1.54, 1.807) is 47.9 Å². The summed E-state index contributed by atoms with van der Waals surface area (Å²) in [6.07, 6.45) is 3.52. The molecule has 0 amide bonds. The molecule has 2 heterocycles. The smallest absolute Gasteiger partial charge is 0.164 e. The van der Waals surface area contributed by atoms with E-state index in [4.69, 9.17) is 4.74 Å². The minimum Gasteiger partial charge on any atom is -0.497 e. The molecule has 0 aliphatic rings. The van der Waals surface area contributed by atoms with Gasteiger partial charge in [-0.2, -0.15) is 5.10 Å². The Labute approximate surface area is 148 Å². The molecular formula is C19H14FN3OS. The van der Waals surface area contributed by atoms with Crippen molar-refractivity contribution in [2.45, 2.75) is 9.92 Å². The first-order valence-electron chi connectivity index (χ1n) is 7.65. The molecule has 4 aromatic rings. The van der Waals surface area contributed by atoms with E-state index in [1.807, 2.05) is 30.3 Å². The maximum absolute atomic E-state index is 13.2. The molecule has 0 bridgehead atoms. The third kappa shape index (κ3) is 3.08. The Balaban J connectivity index is 1.72. The minimum atomic E-state index is -0.260. The lowest BCUT2D eigenvalue weighted by Gasteiger charge is -2.06. The number of ether oxygens (including phenoxy) is 1. The molecule has 0 aliphatic carbocycles. The van der Waals surface area contributed by atoms with Crippen molar-refractivity contribution in [3.8, 4) is 16.9 Å². The van der Waals surface area contributed by atoms with Gasteiger partial charge in [0.15, 0.2) is 5.65 Å². The van der Waals surface area contributed by atoms with Gasteiger partial charge in [-0.3, -0.25) is 0 Å². The quantitative estimate of drug-likeness (QED) is 0.500. The fraction of sp³-hybridized carbons (Fsp3) is 0.0526. The van der Waals surface area contributed by atoms with Crippen LogP contribution in [0.4, 0.5) is 4.39 Å². The lowest BCUT2D eigenvalue weighted by Crippen LogP contribution is -1.94. The third-order valence-electron chi connectivity index (χ3n) is 3.80. The second kappa shape index (κ2) is 6.57. The van der Waals surface area contributed by atoms with Gasteiger partial charge in [0.05, 0.1) is 13.3 Å². The Morgan fingerprint density at radius 1 is 1.00 bits per heavy atom. The molecule has 0 spiro atoms. The molecule has 2 aromatic heterocycles. The van der Waals surface area contributed by atoms with Crippen LogP contribution in [-0.4, -0.2) is 21.7 Å². The van der Waals surface area contributed by atoms with Gasteiger partial charge in [0.1, 0.15) is 16.6 Å². The van der Waals surface area contributed by atoms with Gasteiger partial charge in [-0.25, -0.2) is 13.9 Å². The van der Waals surface area contributed by atoms with Crippen molar-refractivity contribution in [3.63, 3.8) is 0 Å². The van der Waals surface area contributed by atoms with Gasteiger partial charge in [0, 0.05) is 16.7 Å². The zero-order chi connectivity index (χ0) is 17.2. The predicted octanol–water partition coefficient (Wildman–Crippen LogP) is 4.70. The first-order valence-corrected chi connectivity index (χ1v) is 8.47. The Hall–Kier alpha value is -2.86. The van der Waals surface area contributed by atoms with Crippen LogP contribution in [-0.2, 0) is 0 Å². The molecule has 4 rings (SSSR count). The van der Waals surface area contributed by atoms with Crippen LogP contribution in [0.5, 0.6) is 5.75 Å². The van der Waals surface area contributed by atoms with Crippen molar-refractivity contribution in [1.82, 2.24) is 14.6 Å². The largest absolute Gasteiger partial charge is 0.497 e. The zero-order valence-corrected chi connectivity index (χ0v) is 14.2. The van der Waals surface area contributed by atoms with Gasteiger partial charge < -0.3 is 4.74 Å². The number of aromatic nitrogens is 3. The number of fused-ring (bicyclic) bond motifs is 1. The van der Waals surface area contributed by atoms with Crippen molar-refractivity contribution in [3.05, 3.63) is 72.8 Å². The standard InChI is InChI=1S/C19H14FN3OS/c1-24-15-6-8-16(9-7-15)25-18-10-11-21-19-17(12-22-23(18)19)13-2-4-14(20)5-3-13/h2-12H,1H3. The molecule has 0 fully saturated rings. The Bertz CT molecular complexity index is 1010. The van der Waals surface area contributed by atoms with Crippen LogP contribution in [0, 0.1) is 5.82 Å². The van der Waals surface area contributed by atoms with Gasteiger partial charge >= 0.3 is 0 Å². The summed E-state index contributed by atoms with van der Waals surface area (Å²) >= 11 is 1.59. The molecule has 0 unspecified atom stereocenters.